The van der Waals surface area contributed by atoms with Crippen LogP contribution >= 0.6 is 0 Å². The van der Waals surface area contributed by atoms with Crippen LogP contribution in [-0.4, -0.2) is 54.2 Å². The molecule has 0 aliphatic carbocycles. The van der Waals surface area contributed by atoms with Gasteiger partial charge in [-0.15, -0.1) is 0 Å². The van der Waals surface area contributed by atoms with Gasteiger partial charge in [0.1, 0.15) is 5.75 Å². The van der Waals surface area contributed by atoms with E-state index < -0.39 is 0 Å². The molecular formula is C22H24N4O3. The van der Waals surface area contributed by atoms with Gasteiger partial charge < -0.3 is 19.1 Å². The van der Waals surface area contributed by atoms with Crippen molar-refractivity contribution in [2.75, 3.05) is 38.2 Å². The second kappa shape index (κ2) is 8.34. The van der Waals surface area contributed by atoms with E-state index in [1.807, 2.05) is 41.3 Å². The second-order valence-corrected chi connectivity index (χ2v) is 7.08. The summed E-state index contributed by atoms with van der Waals surface area (Å²) >= 11 is 0. The van der Waals surface area contributed by atoms with Crippen molar-refractivity contribution in [2.45, 2.75) is 13.3 Å². The van der Waals surface area contributed by atoms with E-state index >= 15 is 0 Å². The molecule has 0 bridgehead atoms. The molecule has 29 heavy (non-hydrogen) atoms. The third-order valence-corrected chi connectivity index (χ3v) is 5.14. The Hall–Kier alpha value is -3.35. The molecular weight excluding hydrogens is 368 g/mol. The molecule has 150 valence electrons. The molecule has 0 atom stereocenters. The number of benzene rings is 2. The molecule has 1 aromatic heterocycles. The van der Waals surface area contributed by atoms with Gasteiger partial charge in [-0.1, -0.05) is 17.3 Å². The van der Waals surface area contributed by atoms with Crippen LogP contribution in [-0.2, 0) is 11.2 Å². The number of ether oxygens (including phenoxy) is 1. The summed E-state index contributed by atoms with van der Waals surface area (Å²) in [5.74, 6) is 2.08. The predicted octanol–water partition coefficient (Wildman–Crippen LogP) is 2.94. The fraction of sp³-hybridized carbons (Fsp3) is 0.318. The highest BCUT2D eigenvalue weighted by molar-refractivity contribution is 5.79. The maximum absolute atomic E-state index is 12.7. The zero-order valence-electron chi connectivity index (χ0n) is 16.7. The lowest BCUT2D eigenvalue weighted by Gasteiger charge is -2.36. The zero-order valence-corrected chi connectivity index (χ0v) is 16.7. The average Bonchev–Trinajstić information content (AvgIpc) is 3.20. The summed E-state index contributed by atoms with van der Waals surface area (Å²) in [6, 6.07) is 15.8. The first-order valence-corrected chi connectivity index (χ1v) is 9.69. The Morgan fingerprint density at radius 3 is 2.52 bits per heavy atom. The van der Waals surface area contributed by atoms with Gasteiger partial charge in [0.2, 0.25) is 17.6 Å². The van der Waals surface area contributed by atoms with Crippen LogP contribution in [0.5, 0.6) is 5.75 Å². The minimum Gasteiger partial charge on any atom is -0.497 e. The average molecular weight is 392 g/mol. The normalized spacial score (nSPS) is 14.1. The van der Waals surface area contributed by atoms with Crippen LogP contribution in [0.4, 0.5) is 5.69 Å². The van der Waals surface area contributed by atoms with Gasteiger partial charge in [0.05, 0.1) is 13.5 Å². The highest BCUT2D eigenvalue weighted by Gasteiger charge is 2.21. The number of methoxy groups -OCH3 is 1. The van der Waals surface area contributed by atoms with Crippen LogP contribution in [0.25, 0.3) is 11.4 Å². The van der Waals surface area contributed by atoms with E-state index in [-0.39, 0.29) is 5.91 Å². The monoisotopic (exact) mass is 392 g/mol. The number of hydrogen-bond donors (Lipinski definition) is 0. The third-order valence-electron chi connectivity index (χ3n) is 5.14. The number of amides is 1. The largest absolute Gasteiger partial charge is 0.497 e. The van der Waals surface area contributed by atoms with Gasteiger partial charge in [0.15, 0.2) is 0 Å². The molecule has 4 rings (SSSR count). The van der Waals surface area contributed by atoms with Crippen molar-refractivity contribution in [3.05, 3.63) is 60.0 Å². The molecule has 1 aliphatic heterocycles. The quantitative estimate of drug-likeness (QED) is 0.665. The molecule has 0 unspecified atom stereocenters. The van der Waals surface area contributed by atoms with Crippen molar-refractivity contribution < 1.29 is 14.1 Å². The Morgan fingerprint density at radius 1 is 1.10 bits per heavy atom. The molecule has 1 aliphatic rings. The van der Waals surface area contributed by atoms with Crippen molar-refractivity contribution >= 4 is 11.6 Å². The number of nitrogens with zero attached hydrogens (tertiary/aromatic N) is 4. The SMILES string of the molecule is COc1cccc(CC(=O)N2CCN(c3ccc(-c4noc(C)n4)cc3)CC2)c1. The van der Waals surface area contributed by atoms with Gasteiger partial charge in [-0.3, -0.25) is 4.79 Å². The van der Waals surface area contributed by atoms with E-state index in [1.54, 1.807) is 14.0 Å². The number of carbonyl (C=O) groups excluding carboxylic acids is 1. The van der Waals surface area contributed by atoms with Crippen molar-refractivity contribution in [3.8, 4) is 17.1 Å². The van der Waals surface area contributed by atoms with E-state index in [0.717, 1.165) is 35.7 Å². The summed E-state index contributed by atoms with van der Waals surface area (Å²) in [6.45, 7) is 4.83. The van der Waals surface area contributed by atoms with Gasteiger partial charge in [-0.05, 0) is 42.0 Å². The van der Waals surface area contributed by atoms with E-state index in [2.05, 4.69) is 27.2 Å². The third kappa shape index (κ3) is 4.39. The molecule has 3 aromatic rings. The van der Waals surface area contributed by atoms with Gasteiger partial charge in [0.25, 0.3) is 0 Å². The van der Waals surface area contributed by atoms with E-state index in [9.17, 15) is 4.79 Å². The number of piperazine rings is 1. The Morgan fingerprint density at radius 2 is 1.86 bits per heavy atom. The summed E-state index contributed by atoms with van der Waals surface area (Å²) in [4.78, 5) is 21.1. The number of aryl methyl sites for hydroxylation is 1. The second-order valence-electron chi connectivity index (χ2n) is 7.08. The maximum Gasteiger partial charge on any atom is 0.227 e. The van der Waals surface area contributed by atoms with Gasteiger partial charge in [-0.2, -0.15) is 4.98 Å². The number of anilines is 1. The fourth-order valence-electron chi connectivity index (χ4n) is 3.52. The van der Waals surface area contributed by atoms with Gasteiger partial charge >= 0.3 is 0 Å². The lowest BCUT2D eigenvalue weighted by molar-refractivity contribution is -0.130. The standard InChI is InChI=1S/C22H24N4O3/c1-16-23-22(24-29-16)18-6-8-19(9-7-18)25-10-12-26(13-11-25)21(27)15-17-4-3-5-20(14-17)28-2/h3-9,14H,10-13,15H2,1-2H3. The van der Waals surface area contributed by atoms with Crippen LogP contribution < -0.4 is 9.64 Å². The predicted molar refractivity (Wildman–Crippen MR) is 110 cm³/mol. The number of carbonyl (C=O) groups is 1. The Kier molecular flexibility index (Phi) is 5.46. The Labute approximate surface area is 169 Å². The summed E-state index contributed by atoms with van der Waals surface area (Å²) in [7, 11) is 1.63. The molecule has 7 nitrogen and oxygen atoms in total. The smallest absolute Gasteiger partial charge is 0.227 e. The summed E-state index contributed by atoms with van der Waals surface area (Å²) < 4.78 is 10.3. The van der Waals surface area contributed by atoms with Crippen LogP contribution in [0.3, 0.4) is 0 Å². The summed E-state index contributed by atoms with van der Waals surface area (Å²) in [5.41, 5.74) is 3.04. The molecule has 1 amide bonds. The molecule has 0 N–H and O–H groups in total. The van der Waals surface area contributed by atoms with Gasteiger partial charge in [0, 0.05) is 44.4 Å². The zero-order chi connectivity index (χ0) is 20.2. The molecule has 2 heterocycles. The Bertz CT molecular complexity index is 976. The molecule has 2 aromatic carbocycles. The minimum atomic E-state index is 0.153. The van der Waals surface area contributed by atoms with E-state index in [4.69, 9.17) is 9.26 Å². The molecule has 0 radical (unpaired) electrons. The van der Waals surface area contributed by atoms with E-state index in [0.29, 0.717) is 31.2 Å². The van der Waals surface area contributed by atoms with Crippen molar-refractivity contribution in [1.82, 2.24) is 15.0 Å². The Balaban J connectivity index is 1.33. The first-order valence-electron chi connectivity index (χ1n) is 9.69. The highest BCUT2D eigenvalue weighted by atomic mass is 16.5. The van der Waals surface area contributed by atoms with Crippen LogP contribution in [0.2, 0.25) is 0 Å². The first kappa shape index (κ1) is 19.0. The lowest BCUT2D eigenvalue weighted by atomic mass is 10.1. The summed E-state index contributed by atoms with van der Waals surface area (Å²) in [6.07, 6.45) is 0.399. The highest BCUT2D eigenvalue weighted by Crippen LogP contribution is 2.22. The number of hydrogen-bond acceptors (Lipinski definition) is 6. The maximum atomic E-state index is 12.7. The number of aromatic nitrogens is 2. The van der Waals surface area contributed by atoms with Crippen LogP contribution in [0.1, 0.15) is 11.5 Å². The lowest BCUT2D eigenvalue weighted by Crippen LogP contribution is -2.49. The van der Waals surface area contributed by atoms with Crippen molar-refractivity contribution in [3.63, 3.8) is 0 Å². The fourth-order valence-corrected chi connectivity index (χ4v) is 3.52. The van der Waals surface area contributed by atoms with Crippen molar-refractivity contribution in [2.24, 2.45) is 0 Å². The van der Waals surface area contributed by atoms with E-state index in [1.165, 1.54) is 0 Å². The topological polar surface area (TPSA) is 71.7 Å². The number of rotatable bonds is 5. The minimum absolute atomic E-state index is 0.153. The molecule has 1 saturated heterocycles. The molecule has 1 fully saturated rings. The van der Waals surface area contributed by atoms with Crippen LogP contribution in [0.15, 0.2) is 53.1 Å². The molecule has 0 saturated carbocycles. The first-order chi connectivity index (χ1) is 14.1. The van der Waals surface area contributed by atoms with Crippen molar-refractivity contribution in [1.29, 1.82) is 0 Å². The van der Waals surface area contributed by atoms with Crippen LogP contribution in [0, 0.1) is 6.92 Å². The summed E-state index contributed by atoms with van der Waals surface area (Å²) in [5, 5.41) is 3.95. The molecule has 0 spiro atoms. The van der Waals surface area contributed by atoms with Gasteiger partial charge in [-0.25, -0.2) is 0 Å². The molecule has 7 heteroatoms.